The summed E-state index contributed by atoms with van der Waals surface area (Å²) in [4.78, 5) is 12.0. The molecule has 126 valence electrons. The molecule has 0 saturated carbocycles. The highest BCUT2D eigenvalue weighted by Crippen LogP contribution is 2.32. The van der Waals surface area contributed by atoms with E-state index in [4.69, 9.17) is 0 Å². The molecule has 1 aromatic rings. The number of nitrogens with zero attached hydrogens (tertiary/aromatic N) is 1. The molecule has 0 spiro atoms. The van der Waals surface area contributed by atoms with E-state index in [-0.39, 0.29) is 23.5 Å². The average Bonchev–Trinajstić information content (AvgIpc) is 2.42. The molecular formula is C15H25NO5S. The van der Waals surface area contributed by atoms with Crippen molar-refractivity contribution in [2.45, 2.75) is 64.7 Å². The maximum Gasteiger partial charge on any atom is 0.271 e. The minimum absolute atomic E-state index is 0.125. The van der Waals surface area contributed by atoms with E-state index >= 15 is 0 Å². The van der Waals surface area contributed by atoms with Crippen LogP contribution in [0.3, 0.4) is 0 Å². The smallest absolute Gasteiger partial charge is 0.271 e. The van der Waals surface area contributed by atoms with Gasteiger partial charge in [-0.05, 0) is 32.3 Å². The number of unbranched alkanes of at least 4 members (excludes halogenated alkanes) is 3. The maximum atomic E-state index is 12.0. The highest BCUT2D eigenvalue weighted by Gasteiger charge is 2.27. The Morgan fingerprint density at radius 2 is 1.86 bits per heavy atom. The third-order valence-corrected chi connectivity index (χ3v) is 5.00. The fraction of sp³-hybridized carbons (Fsp3) is 0.667. The largest absolute Gasteiger partial charge is 0.494 e. The Morgan fingerprint density at radius 1 is 1.23 bits per heavy atom. The van der Waals surface area contributed by atoms with Gasteiger partial charge in [-0.25, -0.2) is 0 Å². The molecule has 0 aromatic carbocycles. The minimum atomic E-state index is -4.35. The lowest BCUT2D eigenvalue weighted by molar-refractivity contribution is 0.398. The van der Waals surface area contributed by atoms with Gasteiger partial charge in [0.05, 0.1) is 0 Å². The van der Waals surface area contributed by atoms with Crippen LogP contribution >= 0.6 is 0 Å². The molecule has 6 nitrogen and oxygen atoms in total. The van der Waals surface area contributed by atoms with Crippen molar-refractivity contribution in [2.75, 3.05) is 0 Å². The van der Waals surface area contributed by atoms with Gasteiger partial charge >= 0.3 is 0 Å². The van der Waals surface area contributed by atoms with Crippen LogP contribution in [0.1, 0.15) is 62.8 Å². The molecule has 0 bridgehead atoms. The highest BCUT2D eigenvalue weighted by atomic mass is 32.2. The summed E-state index contributed by atoms with van der Waals surface area (Å²) in [5, 5.41) is 9.00. The fourth-order valence-corrected chi connectivity index (χ4v) is 3.10. The first kappa shape index (κ1) is 18.7. The van der Waals surface area contributed by atoms with Gasteiger partial charge < -0.3 is 5.11 Å². The molecule has 0 saturated heterocycles. The Bertz CT molecular complexity index is 663. The first-order valence-corrected chi connectivity index (χ1v) is 9.16. The van der Waals surface area contributed by atoms with Crippen molar-refractivity contribution >= 4 is 10.1 Å². The normalized spacial score (nSPS) is 13.3. The van der Waals surface area contributed by atoms with Gasteiger partial charge in [0.1, 0.15) is 5.25 Å². The highest BCUT2D eigenvalue weighted by molar-refractivity contribution is 7.86. The fourth-order valence-electron chi connectivity index (χ4n) is 2.54. The zero-order valence-electron chi connectivity index (χ0n) is 13.4. The van der Waals surface area contributed by atoms with Crippen molar-refractivity contribution in [1.29, 1.82) is 0 Å². The molecule has 1 rings (SSSR count). The van der Waals surface area contributed by atoms with E-state index in [0.717, 1.165) is 30.3 Å². The third-order valence-electron chi connectivity index (χ3n) is 3.88. The maximum absolute atomic E-state index is 12.0. The summed E-state index contributed by atoms with van der Waals surface area (Å²) in [6.45, 7) is 5.31. The minimum Gasteiger partial charge on any atom is -0.494 e. The number of hydrogen-bond acceptors (Lipinski definition) is 4. The Balaban J connectivity index is 3.32. The van der Waals surface area contributed by atoms with Crippen LogP contribution in [0.15, 0.2) is 10.9 Å². The number of aromatic hydroxyl groups is 1. The predicted octanol–water partition coefficient (Wildman–Crippen LogP) is 2.65. The first-order chi connectivity index (χ1) is 10.2. The van der Waals surface area contributed by atoms with Gasteiger partial charge in [0.25, 0.3) is 15.7 Å². The van der Waals surface area contributed by atoms with E-state index in [2.05, 4.69) is 6.92 Å². The standard InChI is InChI=1S/C15H25NO5S/c1-4-6-7-8-9-12-10-13(17)16(5-2)15(18)14(12)11(3)22(19,20)21/h10-11,18H,4-9H2,1-3H3,(H,19,20,21). The van der Waals surface area contributed by atoms with Crippen LogP contribution in [0.2, 0.25) is 0 Å². The summed E-state index contributed by atoms with van der Waals surface area (Å²) >= 11 is 0. The van der Waals surface area contributed by atoms with Crippen molar-refractivity contribution in [3.63, 3.8) is 0 Å². The summed E-state index contributed by atoms with van der Waals surface area (Å²) < 4.78 is 33.3. The summed E-state index contributed by atoms with van der Waals surface area (Å²) in [5.41, 5.74) is 0.255. The van der Waals surface area contributed by atoms with Crippen molar-refractivity contribution in [1.82, 2.24) is 4.57 Å². The van der Waals surface area contributed by atoms with Crippen LogP contribution in [0.5, 0.6) is 5.88 Å². The molecule has 0 radical (unpaired) electrons. The molecule has 0 aliphatic heterocycles. The average molecular weight is 331 g/mol. The SMILES string of the molecule is CCCCCCc1cc(=O)n(CC)c(O)c1C(C)S(=O)(=O)O. The zero-order chi connectivity index (χ0) is 16.9. The van der Waals surface area contributed by atoms with Crippen LogP contribution in [0.4, 0.5) is 0 Å². The number of aromatic nitrogens is 1. The van der Waals surface area contributed by atoms with Gasteiger partial charge in [-0.3, -0.25) is 13.9 Å². The number of pyridine rings is 1. The second-order valence-electron chi connectivity index (χ2n) is 5.46. The van der Waals surface area contributed by atoms with E-state index in [1.54, 1.807) is 6.92 Å². The molecular weight excluding hydrogens is 306 g/mol. The Hall–Kier alpha value is -1.34. The van der Waals surface area contributed by atoms with Gasteiger partial charge in [-0.2, -0.15) is 8.42 Å². The lowest BCUT2D eigenvalue weighted by atomic mass is 10.00. The quantitative estimate of drug-likeness (QED) is 0.564. The molecule has 1 atom stereocenters. The number of aryl methyl sites for hydroxylation is 1. The van der Waals surface area contributed by atoms with Crippen molar-refractivity contribution < 1.29 is 18.1 Å². The van der Waals surface area contributed by atoms with E-state index in [9.17, 15) is 22.9 Å². The van der Waals surface area contributed by atoms with E-state index in [1.165, 1.54) is 13.0 Å². The predicted molar refractivity (Wildman–Crippen MR) is 85.9 cm³/mol. The van der Waals surface area contributed by atoms with Crippen LogP contribution in [0.25, 0.3) is 0 Å². The van der Waals surface area contributed by atoms with Crippen LogP contribution in [-0.2, 0) is 23.1 Å². The van der Waals surface area contributed by atoms with Gasteiger partial charge in [0, 0.05) is 18.2 Å². The molecule has 0 aliphatic carbocycles. The summed E-state index contributed by atoms with van der Waals surface area (Å²) in [6, 6.07) is 1.37. The molecule has 22 heavy (non-hydrogen) atoms. The number of rotatable bonds is 8. The first-order valence-electron chi connectivity index (χ1n) is 7.65. The van der Waals surface area contributed by atoms with Crippen molar-refractivity contribution in [3.8, 4) is 5.88 Å². The van der Waals surface area contributed by atoms with Gasteiger partial charge in [-0.15, -0.1) is 0 Å². The molecule has 1 heterocycles. The Morgan fingerprint density at radius 3 is 2.36 bits per heavy atom. The third kappa shape index (κ3) is 4.33. The second kappa shape index (κ2) is 7.78. The van der Waals surface area contributed by atoms with Gasteiger partial charge in [-0.1, -0.05) is 26.2 Å². The molecule has 1 aromatic heterocycles. The Kier molecular flexibility index (Phi) is 6.62. The van der Waals surface area contributed by atoms with E-state index in [1.807, 2.05) is 0 Å². The summed E-state index contributed by atoms with van der Waals surface area (Å²) in [7, 11) is -4.35. The molecule has 1 unspecified atom stereocenters. The molecule has 0 amide bonds. The molecule has 0 fully saturated rings. The van der Waals surface area contributed by atoms with Crippen molar-refractivity contribution in [3.05, 3.63) is 27.5 Å². The molecule has 0 aliphatic rings. The molecule has 7 heteroatoms. The lowest BCUT2D eigenvalue weighted by Gasteiger charge is -2.18. The zero-order valence-corrected chi connectivity index (χ0v) is 14.2. The van der Waals surface area contributed by atoms with Crippen molar-refractivity contribution in [2.24, 2.45) is 0 Å². The lowest BCUT2D eigenvalue weighted by Crippen LogP contribution is -2.23. The van der Waals surface area contributed by atoms with Gasteiger partial charge in [0.15, 0.2) is 5.88 Å². The topological polar surface area (TPSA) is 96.6 Å². The van der Waals surface area contributed by atoms with E-state index in [0.29, 0.717) is 12.0 Å². The van der Waals surface area contributed by atoms with Gasteiger partial charge in [0.2, 0.25) is 0 Å². The number of hydrogen-bond donors (Lipinski definition) is 2. The van der Waals surface area contributed by atoms with E-state index < -0.39 is 15.4 Å². The summed E-state index contributed by atoms with van der Waals surface area (Å²) in [5.74, 6) is -0.370. The summed E-state index contributed by atoms with van der Waals surface area (Å²) in [6.07, 6.45) is 4.39. The van der Waals surface area contributed by atoms with Crippen LogP contribution in [-0.4, -0.2) is 22.6 Å². The van der Waals surface area contributed by atoms with Crippen LogP contribution in [0, 0.1) is 0 Å². The van der Waals surface area contributed by atoms with Crippen LogP contribution < -0.4 is 5.56 Å². The monoisotopic (exact) mass is 331 g/mol. The second-order valence-corrected chi connectivity index (χ2v) is 7.19. The molecule has 2 N–H and O–H groups in total. The Labute approximate surface area is 131 Å².